The van der Waals surface area contributed by atoms with Crippen molar-refractivity contribution in [2.45, 2.75) is 39.3 Å². The molecule has 25 heavy (non-hydrogen) atoms. The van der Waals surface area contributed by atoms with Gasteiger partial charge in [-0.15, -0.1) is 0 Å². The first-order chi connectivity index (χ1) is 12.0. The minimum Gasteiger partial charge on any atom is -0.396 e. The highest BCUT2D eigenvalue weighted by Gasteiger charge is 2.33. The number of hydrogen-bond acceptors (Lipinski definition) is 3. The Kier molecular flexibility index (Phi) is 5.97. The first-order valence-corrected chi connectivity index (χ1v) is 9.49. The predicted molar refractivity (Wildman–Crippen MR) is 99.3 cm³/mol. The molecule has 2 N–H and O–H groups in total. The first-order valence-electron chi connectivity index (χ1n) is 9.49. The number of nitrogens with zero attached hydrogens (tertiary/aromatic N) is 2. The van der Waals surface area contributed by atoms with E-state index in [4.69, 9.17) is 0 Å². The molecule has 0 aliphatic carbocycles. The number of nitrogens with one attached hydrogen (secondary N) is 1. The van der Waals surface area contributed by atoms with Crippen molar-refractivity contribution >= 4 is 6.03 Å². The Labute approximate surface area is 151 Å². The molecule has 5 nitrogen and oxygen atoms in total. The normalized spacial score (nSPS) is 25.3. The van der Waals surface area contributed by atoms with E-state index in [1.54, 1.807) is 0 Å². The largest absolute Gasteiger partial charge is 0.396 e. The maximum atomic E-state index is 12.5. The maximum Gasteiger partial charge on any atom is 0.317 e. The molecule has 0 unspecified atom stereocenters. The number of hydrogen-bond donors (Lipinski definition) is 2. The summed E-state index contributed by atoms with van der Waals surface area (Å²) < 4.78 is 0. The number of amides is 2. The van der Waals surface area contributed by atoms with Crippen LogP contribution in [-0.2, 0) is 6.54 Å². The van der Waals surface area contributed by atoms with Crippen LogP contribution in [0.3, 0.4) is 0 Å². The van der Waals surface area contributed by atoms with Crippen molar-refractivity contribution in [2.75, 3.05) is 32.8 Å². The van der Waals surface area contributed by atoms with Gasteiger partial charge in [0.15, 0.2) is 0 Å². The number of likely N-dealkylation sites (tertiary alicyclic amines) is 2. The monoisotopic (exact) mass is 345 g/mol. The van der Waals surface area contributed by atoms with Crippen molar-refractivity contribution in [3.05, 3.63) is 35.4 Å². The molecule has 138 valence electrons. The smallest absolute Gasteiger partial charge is 0.317 e. The average molecular weight is 345 g/mol. The van der Waals surface area contributed by atoms with Gasteiger partial charge in [0.2, 0.25) is 0 Å². The van der Waals surface area contributed by atoms with E-state index in [0.717, 1.165) is 39.0 Å². The number of aliphatic hydroxyl groups excluding tert-OH is 1. The van der Waals surface area contributed by atoms with Gasteiger partial charge in [-0.25, -0.2) is 4.79 Å². The van der Waals surface area contributed by atoms with E-state index in [-0.39, 0.29) is 24.6 Å². The molecule has 0 bridgehead atoms. The third kappa shape index (κ3) is 4.73. The lowest BCUT2D eigenvalue weighted by atomic mass is 10.00. The van der Waals surface area contributed by atoms with E-state index < -0.39 is 0 Å². The summed E-state index contributed by atoms with van der Waals surface area (Å²) in [6.45, 7) is 8.87. The molecule has 5 heteroatoms. The second kappa shape index (κ2) is 8.19. The number of piperidine rings is 1. The van der Waals surface area contributed by atoms with Crippen molar-refractivity contribution in [1.82, 2.24) is 15.1 Å². The van der Waals surface area contributed by atoms with E-state index in [0.29, 0.717) is 12.5 Å². The lowest BCUT2D eigenvalue weighted by Crippen LogP contribution is -2.48. The number of carbonyl (C=O) groups excluding carboxylic acids is 1. The van der Waals surface area contributed by atoms with Gasteiger partial charge in [-0.3, -0.25) is 4.90 Å². The van der Waals surface area contributed by atoms with Crippen LogP contribution in [0.1, 0.15) is 30.9 Å². The Balaban J connectivity index is 1.42. The summed E-state index contributed by atoms with van der Waals surface area (Å²) in [7, 11) is 0. The van der Waals surface area contributed by atoms with Gasteiger partial charge in [-0.2, -0.15) is 0 Å². The van der Waals surface area contributed by atoms with Gasteiger partial charge < -0.3 is 15.3 Å². The molecule has 0 saturated carbocycles. The molecule has 2 atom stereocenters. The van der Waals surface area contributed by atoms with Crippen LogP contribution >= 0.6 is 0 Å². The van der Waals surface area contributed by atoms with E-state index >= 15 is 0 Å². The lowest BCUT2D eigenvalue weighted by Gasteiger charge is -2.33. The highest BCUT2D eigenvalue weighted by molar-refractivity contribution is 5.74. The van der Waals surface area contributed by atoms with Crippen molar-refractivity contribution < 1.29 is 9.90 Å². The summed E-state index contributed by atoms with van der Waals surface area (Å²) in [6, 6.07) is 9.00. The van der Waals surface area contributed by atoms with Crippen LogP contribution in [0.5, 0.6) is 0 Å². The van der Waals surface area contributed by atoms with Crippen LogP contribution in [0, 0.1) is 18.8 Å². The fraction of sp³-hybridized carbons (Fsp3) is 0.650. The molecule has 2 saturated heterocycles. The van der Waals surface area contributed by atoms with Gasteiger partial charge in [-0.1, -0.05) is 36.8 Å². The first kappa shape index (κ1) is 18.2. The molecule has 2 amide bonds. The Morgan fingerprint density at radius 3 is 2.68 bits per heavy atom. The Bertz CT molecular complexity index is 584. The Morgan fingerprint density at radius 1 is 1.28 bits per heavy atom. The molecule has 0 radical (unpaired) electrons. The molecule has 2 heterocycles. The van der Waals surface area contributed by atoms with Gasteiger partial charge in [0, 0.05) is 51.3 Å². The zero-order valence-corrected chi connectivity index (χ0v) is 15.4. The molecule has 2 aliphatic rings. The van der Waals surface area contributed by atoms with Crippen molar-refractivity contribution in [2.24, 2.45) is 11.8 Å². The molecular formula is C20H31N3O2. The fourth-order valence-corrected chi connectivity index (χ4v) is 4.01. The zero-order chi connectivity index (χ0) is 17.8. The molecular weight excluding hydrogens is 314 g/mol. The third-order valence-corrected chi connectivity index (χ3v) is 5.69. The molecule has 0 aromatic heterocycles. The summed E-state index contributed by atoms with van der Waals surface area (Å²) >= 11 is 0. The van der Waals surface area contributed by atoms with Crippen LogP contribution in [0.4, 0.5) is 4.79 Å². The number of rotatable bonds is 4. The molecule has 3 rings (SSSR count). The molecule has 0 spiro atoms. The second-order valence-electron chi connectivity index (χ2n) is 7.81. The average Bonchev–Trinajstić information content (AvgIpc) is 2.98. The summed E-state index contributed by atoms with van der Waals surface area (Å²) in [5.41, 5.74) is 2.67. The molecule has 1 aromatic rings. The van der Waals surface area contributed by atoms with Crippen molar-refractivity contribution in [1.29, 1.82) is 0 Å². The van der Waals surface area contributed by atoms with E-state index in [9.17, 15) is 9.90 Å². The minimum atomic E-state index is 0.0416. The number of aryl methyl sites for hydroxylation is 1. The SMILES string of the molecule is Cc1cccc(CN2CCC(NC(=O)N3C[C@@H](CO)[C@H](C)C3)CC2)c1. The van der Waals surface area contributed by atoms with Crippen LogP contribution in [-0.4, -0.2) is 59.8 Å². The second-order valence-corrected chi connectivity index (χ2v) is 7.81. The Hall–Kier alpha value is -1.59. The van der Waals surface area contributed by atoms with Crippen LogP contribution in [0.25, 0.3) is 0 Å². The number of urea groups is 1. The van der Waals surface area contributed by atoms with E-state index in [1.807, 2.05) is 4.90 Å². The van der Waals surface area contributed by atoms with Crippen molar-refractivity contribution in [3.8, 4) is 0 Å². The van der Waals surface area contributed by atoms with Gasteiger partial charge >= 0.3 is 6.03 Å². The summed E-state index contributed by atoms with van der Waals surface area (Å²) in [5, 5.41) is 12.6. The number of aliphatic hydroxyl groups is 1. The predicted octanol–water partition coefficient (Wildman–Crippen LogP) is 2.23. The van der Waals surface area contributed by atoms with E-state index in [2.05, 4.69) is 48.3 Å². The van der Waals surface area contributed by atoms with Crippen LogP contribution in [0.2, 0.25) is 0 Å². The van der Waals surface area contributed by atoms with E-state index in [1.165, 1.54) is 11.1 Å². The van der Waals surface area contributed by atoms with Gasteiger partial charge in [-0.05, 0) is 31.2 Å². The standard InChI is InChI=1S/C20H31N3O2/c1-15-4-3-5-17(10-15)12-22-8-6-19(7-9-22)21-20(25)23-11-16(2)18(13-23)14-24/h3-5,10,16,18-19,24H,6-9,11-14H2,1-2H3,(H,21,25)/t16-,18+/m1/s1. The fourth-order valence-electron chi connectivity index (χ4n) is 4.01. The molecule has 2 aliphatic heterocycles. The molecule has 2 fully saturated rings. The molecule has 1 aromatic carbocycles. The third-order valence-electron chi connectivity index (χ3n) is 5.69. The summed E-state index contributed by atoms with van der Waals surface area (Å²) in [6.07, 6.45) is 2.01. The minimum absolute atomic E-state index is 0.0416. The Morgan fingerprint density at radius 2 is 2.04 bits per heavy atom. The van der Waals surface area contributed by atoms with Gasteiger partial charge in [0.05, 0.1) is 0 Å². The zero-order valence-electron chi connectivity index (χ0n) is 15.4. The van der Waals surface area contributed by atoms with Gasteiger partial charge in [0.1, 0.15) is 0 Å². The van der Waals surface area contributed by atoms with Crippen LogP contribution in [0.15, 0.2) is 24.3 Å². The highest BCUT2D eigenvalue weighted by atomic mass is 16.3. The lowest BCUT2D eigenvalue weighted by molar-refractivity contribution is 0.171. The summed E-state index contributed by atoms with van der Waals surface area (Å²) in [5.74, 6) is 0.605. The summed E-state index contributed by atoms with van der Waals surface area (Å²) in [4.78, 5) is 16.8. The van der Waals surface area contributed by atoms with Crippen molar-refractivity contribution in [3.63, 3.8) is 0 Å². The number of carbonyl (C=O) groups is 1. The quantitative estimate of drug-likeness (QED) is 0.880. The highest BCUT2D eigenvalue weighted by Crippen LogP contribution is 2.23. The van der Waals surface area contributed by atoms with Gasteiger partial charge in [0.25, 0.3) is 0 Å². The van der Waals surface area contributed by atoms with Crippen LogP contribution < -0.4 is 5.32 Å². The topological polar surface area (TPSA) is 55.8 Å². The maximum absolute atomic E-state index is 12.5. The number of benzene rings is 1.